The van der Waals surface area contributed by atoms with Crippen LogP contribution in [0, 0.1) is 0 Å². The van der Waals surface area contributed by atoms with E-state index < -0.39 is 0 Å². The second-order valence-corrected chi connectivity index (χ2v) is 8.04. The molecule has 2 aliphatic heterocycles. The van der Waals surface area contributed by atoms with Crippen molar-refractivity contribution in [1.29, 1.82) is 0 Å². The van der Waals surface area contributed by atoms with Gasteiger partial charge in [0.05, 0.1) is 12.9 Å². The molecular formula is C23H33IN6O2. The highest BCUT2D eigenvalue weighted by Gasteiger charge is 2.30. The summed E-state index contributed by atoms with van der Waals surface area (Å²) in [6.07, 6.45) is 7.20. The van der Waals surface area contributed by atoms with E-state index in [9.17, 15) is 4.79 Å². The maximum absolute atomic E-state index is 12.6. The Labute approximate surface area is 207 Å². The van der Waals surface area contributed by atoms with Crippen molar-refractivity contribution in [2.75, 3.05) is 39.3 Å². The van der Waals surface area contributed by atoms with Gasteiger partial charge in [0.1, 0.15) is 6.10 Å². The van der Waals surface area contributed by atoms with Crippen molar-refractivity contribution in [1.82, 2.24) is 24.7 Å². The number of carbonyl (C=O) groups excluding carboxylic acids is 1. The number of guanidine groups is 1. The maximum atomic E-state index is 12.6. The molecule has 1 aromatic carbocycles. The van der Waals surface area contributed by atoms with E-state index in [0.29, 0.717) is 26.2 Å². The quantitative estimate of drug-likeness (QED) is 0.339. The molecule has 0 bridgehead atoms. The number of halogens is 1. The molecule has 0 saturated carbocycles. The summed E-state index contributed by atoms with van der Waals surface area (Å²) in [5, 5.41) is 3.41. The first kappa shape index (κ1) is 24.5. The summed E-state index contributed by atoms with van der Waals surface area (Å²) in [6, 6.07) is 8.52. The number of ether oxygens (including phenoxy) is 1. The molecule has 2 fully saturated rings. The predicted molar refractivity (Wildman–Crippen MR) is 135 cm³/mol. The molecule has 2 aromatic rings. The van der Waals surface area contributed by atoms with Gasteiger partial charge in [-0.1, -0.05) is 24.3 Å². The maximum Gasteiger partial charge on any atom is 0.251 e. The highest BCUT2D eigenvalue weighted by molar-refractivity contribution is 14.0. The van der Waals surface area contributed by atoms with Crippen LogP contribution in [0.3, 0.4) is 0 Å². The highest BCUT2D eigenvalue weighted by Crippen LogP contribution is 2.16. The normalized spacial score (nSPS) is 19.0. The number of imidazole rings is 1. The van der Waals surface area contributed by atoms with Gasteiger partial charge in [-0.25, -0.2) is 9.98 Å². The van der Waals surface area contributed by atoms with Gasteiger partial charge in [-0.15, -0.1) is 24.0 Å². The third kappa shape index (κ3) is 6.44. The lowest BCUT2D eigenvalue weighted by molar-refractivity contribution is -0.142. The molecule has 2 saturated heterocycles. The Hall–Kier alpha value is -2.14. The lowest BCUT2D eigenvalue weighted by Crippen LogP contribution is -2.55. The molecule has 9 heteroatoms. The largest absolute Gasteiger partial charge is 0.368 e. The number of rotatable bonds is 6. The zero-order valence-corrected chi connectivity index (χ0v) is 21.0. The third-order valence-corrected chi connectivity index (χ3v) is 5.76. The van der Waals surface area contributed by atoms with Crippen LogP contribution in [0.5, 0.6) is 0 Å². The minimum Gasteiger partial charge on any atom is -0.368 e. The van der Waals surface area contributed by atoms with E-state index in [1.54, 1.807) is 6.20 Å². The molecule has 1 amide bonds. The number of aromatic nitrogens is 2. The van der Waals surface area contributed by atoms with Gasteiger partial charge in [-0.2, -0.15) is 0 Å². The fourth-order valence-corrected chi connectivity index (χ4v) is 4.12. The summed E-state index contributed by atoms with van der Waals surface area (Å²) in [6.45, 7) is 8.01. The zero-order chi connectivity index (χ0) is 21.5. The van der Waals surface area contributed by atoms with Gasteiger partial charge in [-0.05, 0) is 30.9 Å². The van der Waals surface area contributed by atoms with Gasteiger partial charge < -0.3 is 24.4 Å². The highest BCUT2D eigenvalue weighted by atomic mass is 127. The first-order valence-corrected chi connectivity index (χ1v) is 11.2. The molecule has 1 atom stereocenters. The third-order valence-electron chi connectivity index (χ3n) is 5.76. The molecule has 8 nitrogen and oxygen atoms in total. The van der Waals surface area contributed by atoms with Crippen LogP contribution >= 0.6 is 24.0 Å². The number of hydrogen-bond donors (Lipinski definition) is 1. The van der Waals surface area contributed by atoms with Crippen molar-refractivity contribution in [3.63, 3.8) is 0 Å². The van der Waals surface area contributed by atoms with Crippen molar-refractivity contribution in [3.8, 4) is 0 Å². The fourth-order valence-electron chi connectivity index (χ4n) is 4.12. The standard InChI is InChI=1S/C23H32N6O2.HI/c1-2-25-23(29-12-10-28(11-13-29)22(30)21-7-4-14-31-21)26-16-19-5-3-6-20(15-19)17-27-9-8-24-18-27;/h3,5-6,8-9,15,18,21H,2,4,7,10-14,16-17H2,1H3,(H,25,26);1H. The number of hydrogen-bond acceptors (Lipinski definition) is 4. The average molecular weight is 552 g/mol. The van der Waals surface area contributed by atoms with Crippen LogP contribution in [0.1, 0.15) is 30.9 Å². The smallest absolute Gasteiger partial charge is 0.251 e. The molecular weight excluding hydrogens is 519 g/mol. The summed E-state index contributed by atoms with van der Waals surface area (Å²) in [5.41, 5.74) is 2.41. The number of carbonyl (C=O) groups is 1. The molecule has 4 rings (SSSR count). The predicted octanol–water partition coefficient (Wildman–Crippen LogP) is 2.34. The molecule has 2 aliphatic rings. The second-order valence-electron chi connectivity index (χ2n) is 8.04. The first-order valence-electron chi connectivity index (χ1n) is 11.2. The van der Waals surface area contributed by atoms with Crippen LogP contribution in [-0.4, -0.2) is 76.7 Å². The minimum absolute atomic E-state index is 0. The molecule has 0 spiro atoms. The average Bonchev–Trinajstić information content (AvgIpc) is 3.51. The molecule has 3 heterocycles. The van der Waals surface area contributed by atoms with Crippen molar-refractivity contribution >= 4 is 35.8 Å². The van der Waals surface area contributed by atoms with Crippen molar-refractivity contribution in [2.24, 2.45) is 4.99 Å². The number of aliphatic imine (C=N–C) groups is 1. The molecule has 0 radical (unpaired) electrons. The Balaban J connectivity index is 0.00000289. The van der Waals surface area contributed by atoms with Crippen LogP contribution < -0.4 is 5.32 Å². The van der Waals surface area contributed by atoms with Crippen LogP contribution in [0.2, 0.25) is 0 Å². The summed E-state index contributed by atoms with van der Waals surface area (Å²) in [4.78, 5) is 25.8. The van der Waals surface area contributed by atoms with Crippen LogP contribution in [0.4, 0.5) is 0 Å². The summed E-state index contributed by atoms with van der Waals surface area (Å²) < 4.78 is 7.62. The zero-order valence-electron chi connectivity index (χ0n) is 18.7. The van der Waals surface area contributed by atoms with Gasteiger partial charge >= 0.3 is 0 Å². The molecule has 174 valence electrons. The van der Waals surface area contributed by atoms with Crippen LogP contribution in [0.15, 0.2) is 48.0 Å². The lowest BCUT2D eigenvalue weighted by atomic mass is 10.1. The van der Waals surface area contributed by atoms with Crippen molar-refractivity contribution in [2.45, 2.75) is 39.0 Å². The Morgan fingerprint density at radius 1 is 1.22 bits per heavy atom. The van der Waals surface area contributed by atoms with E-state index in [1.807, 2.05) is 17.4 Å². The van der Waals surface area contributed by atoms with E-state index in [0.717, 1.165) is 45.0 Å². The van der Waals surface area contributed by atoms with Crippen molar-refractivity contribution < 1.29 is 9.53 Å². The van der Waals surface area contributed by atoms with E-state index in [2.05, 4.69) is 51.0 Å². The van der Waals surface area contributed by atoms with Gasteiger partial charge in [0.2, 0.25) is 0 Å². The Morgan fingerprint density at radius 3 is 2.69 bits per heavy atom. The van der Waals surface area contributed by atoms with Gasteiger partial charge in [0, 0.05) is 58.3 Å². The Morgan fingerprint density at radius 2 is 2.00 bits per heavy atom. The Bertz CT molecular complexity index is 874. The monoisotopic (exact) mass is 552 g/mol. The Kier molecular flexibility index (Phi) is 9.34. The molecule has 1 unspecified atom stereocenters. The number of piperazine rings is 1. The molecule has 1 aromatic heterocycles. The molecule has 32 heavy (non-hydrogen) atoms. The lowest BCUT2D eigenvalue weighted by Gasteiger charge is -2.37. The summed E-state index contributed by atoms with van der Waals surface area (Å²) in [7, 11) is 0. The SMILES string of the molecule is CCNC(=NCc1cccc(Cn2ccnc2)c1)N1CCN(C(=O)C2CCCO2)CC1.I. The summed E-state index contributed by atoms with van der Waals surface area (Å²) in [5.74, 6) is 1.06. The van der Waals surface area contributed by atoms with Crippen LogP contribution in [0.25, 0.3) is 0 Å². The van der Waals surface area contributed by atoms with Gasteiger partial charge in [0.25, 0.3) is 5.91 Å². The molecule has 1 N–H and O–H groups in total. The van der Waals surface area contributed by atoms with E-state index in [4.69, 9.17) is 9.73 Å². The number of amides is 1. The topological polar surface area (TPSA) is 75.0 Å². The minimum atomic E-state index is -0.233. The fraction of sp³-hybridized carbons (Fsp3) is 0.522. The first-order chi connectivity index (χ1) is 15.2. The van der Waals surface area contributed by atoms with E-state index in [1.165, 1.54) is 11.1 Å². The van der Waals surface area contributed by atoms with Gasteiger partial charge in [-0.3, -0.25) is 4.79 Å². The van der Waals surface area contributed by atoms with Crippen molar-refractivity contribution in [3.05, 3.63) is 54.1 Å². The molecule has 0 aliphatic carbocycles. The second kappa shape index (κ2) is 12.2. The number of nitrogens with zero attached hydrogens (tertiary/aromatic N) is 5. The van der Waals surface area contributed by atoms with Crippen LogP contribution in [-0.2, 0) is 22.6 Å². The summed E-state index contributed by atoms with van der Waals surface area (Å²) >= 11 is 0. The number of nitrogens with one attached hydrogen (secondary N) is 1. The number of benzene rings is 1. The van der Waals surface area contributed by atoms with E-state index >= 15 is 0 Å². The van der Waals surface area contributed by atoms with Gasteiger partial charge in [0.15, 0.2) is 5.96 Å². The van der Waals surface area contributed by atoms with E-state index in [-0.39, 0.29) is 36.0 Å².